The fraction of sp³-hybridized carbons (Fsp3) is 0. The smallest absolute Gasteiger partial charge is 0.160 e. The van der Waals surface area contributed by atoms with Crippen molar-refractivity contribution in [3.05, 3.63) is 188 Å². The summed E-state index contributed by atoms with van der Waals surface area (Å²) in [7, 11) is 0. The van der Waals surface area contributed by atoms with Crippen LogP contribution in [-0.4, -0.2) is 15.0 Å². The van der Waals surface area contributed by atoms with Gasteiger partial charge < -0.3 is 4.42 Å². The van der Waals surface area contributed by atoms with Crippen molar-refractivity contribution in [2.24, 2.45) is 0 Å². The summed E-state index contributed by atoms with van der Waals surface area (Å²) < 4.78 is 6.20. The molecule has 0 radical (unpaired) electrons. The van der Waals surface area contributed by atoms with E-state index in [0.717, 1.165) is 77.8 Å². The third-order valence-electron chi connectivity index (χ3n) is 9.97. The first-order valence-corrected chi connectivity index (χ1v) is 17.7. The molecule has 3 aromatic heterocycles. The van der Waals surface area contributed by atoms with Gasteiger partial charge in [0.05, 0.1) is 11.4 Å². The number of rotatable bonds is 6. The molecular weight excluding hydrogens is 647 g/mol. The second-order valence-corrected chi connectivity index (χ2v) is 13.3. The summed E-state index contributed by atoms with van der Waals surface area (Å²) in [5, 5.41) is 4.61. The number of furan rings is 1. The molecule has 0 unspecified atom stereocenters. The third-order valence-corrected chi connectivity index (χ3v) is 9.97. The zero-order valence-corrected chi connectivity index (χ0v) is 28.6. The topological polar surface area (TPSA) is 51.8 Å². The molecule has 0 aliphatic heterocycles. The Hall–Kier alpha value is -7.17. The molecule has 4 heteroatoms. The number of benzene rings is 7. The van der Waals surface area contributed by atoms with Crippen LogP contribution in [0.1, 0.15) is 0 Å². The molecule has 10 rings (SSSR count). The molecule has 0 N–H and O–H groups in total. The van der Waals surface area contributed by atoms with Crippen LogP contribution in [0.2, 0.25) is 0 Å². The standard InChI is InChI=1S/C49H31N3O/c1-2-11-34(12-3-1)49-51-45(37-15-8-14-35(26-37)32-22-24-50-25-23-32)31-46(52-49)40-28-38(27-39(29-40)42-18-9-13-33-10-4-5-16-41(33)42)36-20-21-48-44(30-36)43-17-6-7-19-47(43)53-48/h1-31H. The number of hydrogen-bond donors (Lipinski definition) is 0. The lowest BCUT2D eigenvalue weighted by Gasteiger charge is -2.14. The fourth-order valence-corrected chi connectivity index (χ4v) is 7.34. The first-order valence-electron chi connectivity index (χ1n) is 17.7. The van der Waals surface area contributed by atoms with Crippen molar-refractivity contribution in [1.82, 2.24) is 15.0 Å². The number of fused-ring (bicyclic) bond motifs is 4. The molecule has 0 amide bonds. The molecular formula is C49H31N3O. The highest BCUT2D eigenvalue weighted by molar-refractivity contribution is 6.06. The first kappa shape index (κ1) is 30.6. The lowest BCUT2D eigenvalue weighted by atomic mass is 9.91. The summed E-state index contributed by atoms with van der Waals surface area (Å²) >= 11 is 0. The Morgan fingerprint density at radius 2 is 0.962 bits per heavy atom. The van der Waals surface area contributed by atoms with Gasteiger partial charge in [0.25, 0.3) is 0 Å². The fourth-order valence-electron chi connectivity index (χ4n) is 7.34. The zero-order chi connectivity index (χ0) is 35.1. The van der Waals surface area contributed by atoms with Crippen molar-refractivity contribution in [2.45, 2.75) is 0 Å². The number of para-hydroxylation sites is 1. The predicted octanol–water partition coefficient (Wildman–Crippen LogP) is 12.9. The summed E-state index contributed by atoms with van der Waals surface area (Å²) in [6.07, 6.45) is 3.65. The van der Waals surface area contributed by atoms with Crippen LogP contribution in [-0.2, 0) is 0 Å². The van der Waals surface area contributed by atoms with Crippen LogP contribution >= 0.6 is 0 Å². The lowest BCUT2D eigenvalue weighted by Crippen LogP contribution is -1.97. The van der Waals surface area contributed by atoms with E-state index in [4.69, 9.17) is 14.4 Å². The lowest BCUT2D eigenvalue weighted by molar-refractivity contribution is 0.669. The predicted molar refractivity (Wildman–Crippen MR) is 217 cm³/mol. The maximum absolute atomic E-state index is 6.20. The number of nitrogens with zero attached hydrogens (tertiary/aromatic N) is 3. The average Bonchev–Trinajstić information content (AvgIpc) is 3.62. The Morgan fingerprint density at radius 3 is 1.85 bits per heavy atom. The van der Waals surface area contributed by atoms with Crippen molar-refractivity contribution in [2.75, 3.05) is 0 Å². The Bertz CT molecular complexity index is 2940. The van der Waals surface area contributed by atoms with E-state index >= 15 is 0 Å². The molecule has 0 saturated carbocycles. The molecule has 3 heterocycles. The quantitative estimate of drug-likeness (QED) is 0.176. The minimum Gasteiger partial charge on any atom is -0.456 e. The van der Waals surface area contributed by atoms with E-state index < -0.39 is 0 Å². The van der Waals surface area contributed by atoms with Crippen molar-refractivity contribution in [3.63, 3.8) is 0 Å². The molecule has 10 aromatic rings. The number of pyridine rings is 1. The minimum atomic E-state index is 0.677. The van der Waals surface area contributed by atoms with Crippen LogP contribution in [0, 0.1) is 0 Å². The second kappa shape index (κ2) is 12.9. The molecule has 53 heavy (non-hydrogen) atoms. The molecule has 7 aromatic carbocycles. The summed E-state index contributed by atoms with van der Waals surface area (Å²) in [6, 6.07) is 61.6. The van der Waals surface area contributed by atoms with Crippen LogP contribution in [0.25, 0.3) is 100.0 Å². The molecule has 0 bridgehead atoms. The van der Waals surface area contributed by atoms with Crippen molar-refractivity contribution in [1.29, 1.82) is 0 Å². The molecule has 4 nitrogen and oxygen atoms in total. The van der Waals surface area contributed by atoms with E-state index in [2.05, 4.69) is 138 Å². The van der Waals surface area contributed by atoms with E-state index in [0.29, 0.717) is 5.82 Å². The van der Waals surface area contributed by atoms with Crippen molar-refractivity contribution >= 4 is 32.7 Å². The Labute approximate surface area is 306 Å². The normalized spacial score (nSPS) is 11.4. The number of aromatic nitrogens is 3. The van der Waals surface area contributed by atoms with Gasteiger partial charge >= 0.3 is 0 Å². The average molecular weight is 678 g/mol. The summed E-state index contributed by atoms with van der Waals surface area (Å²) in [6.45, 7) is 0. The SMILES string of the molecule is c1ccc(-c2nc(-c3cccc(-c4ccncc4)c3)cc(-c3cc(-c4ccc5oc6ccccc6c5c4)cc(-c4cccc5ccccc45)c3)n2)cc1. The van der Waals surface area contributed by atoms with E-state index in [1.54, 1.807) is 0 Å². The first-order chi connectivity index (χ1) is 26.2. The molecule has 0 spiro atoms. The van der Waals surface area contributed by atoms with Crippen LogP contribution in [0.5, 0.6) is 0 Å². The largest absolute Gasteiger partial charge is 0.456 e. The minimum absolute atomic E-state index is 0.677. The number of hydrogen-bond acceptors (Lipinski definition) is 4. The van der Waals surface area contributed by atoms with Gasteiger partial charge in [-0.2, -0.15) is 0 Å². The summed E-state index contributed by atoms with van der Waals surface area (Å²) in [4.78, 5) is 14.6. The highest BCUT2D eigenvalue weighted by atomic mass is 16.3. The summed E-state index contributed by atoms with van der Waals surface area (Å²) in [5.74, 6) is 0.677. The van der Waals surface area contributed by atoms with Gasteiger partial charge in [0.1, 0.15) is 11.2 Å². The maximum atomic E-state index is 6.20. The van der Waals surface area contributed by atoms with Crippen LogP contribution in [0.3, 0.4) is 0 Å². The van der Waals surface area contributed by atoms with Crippen molar-refractivity contribution < 1.29 is 4.42 Å². The van der Waals surface area contributed by atoms with Crippen molar-refractivity contribution in [3.8, 4) is 67.3 Å². The highest BCUT2D eigenvalue weighted by Crippen LogP contribution is 2.39. The van der Waals surface area contributed by atoms with Crippen LogP contribution in [0.15, 0.2) is 193 Å². The highest BCUT2D eigenvalue weighted by Gasteiger charge is 2.16. The van der Waals surface area contributed by atoms with Crippen LogP contribution in [0.4, 0.5) is 0 Å². The van der Waals surface area contributed by atoms with Gasteiger partial charge in [-0.25, -0.2) is 9.97 Å². The Balaban J connectivity index is 1.20. The molecule has 248 valence electrons. The van der Waals surface area contributed by atoms with Gasteiger partial charge in [0.2, 0.25) is 0 Å². The molecule has 0 saturated heterocycles. The van der Waals surface area contributed by atoms with E-state index in [1.807, 2.05) is 54.9 Å². The van der Waals surface area contributed by atoms with Gasteiger partial charge in [0.15, 0.2) is 5.82 Å². The zero-order valence-electron chi connectivity index (χ0n) is 28.6. The van der Waals surface area contributed by atoms with E-state index in [9.17, 15) is 0 Å². The summed E-state index contributed by atoms with van der Waals surface area (Å²) in [5.41, 5.74) is 13.2. The van der Waals surface area contributed by atoms with Gasteiger partial charge in [0, 0.05) is 39.9 Å². The molecule has 0 fully saturated rings. The Morgan fingerprint density at radius 1 is 0.340 bits per heavy atom. The van der Waals surface area contributed by atoms with Gasteiger partial charge in [-0.1, -0.05) is 115 Å². The maximum Gasteiger partial charge on any atom is 0.160 e. The van der Waals surface area contributed by atoms with E-state index in [1.165, 1.54) is 16.3 Å². The van der Waals surface area contributed by atoms with Gasteiger partial charge in [-0.3, -0.25) is 4.98 Å². The molecule has 0 atom stereocenters. The Kier molecular flexibility index (Phi) is 7.43. The second-order valence-electron chi connectivity index (χ2n) is 13.3. The molecule has 0 aliphatic rings. The monoisotopic (exact) mass is 677 g/mol. The molecule has 0 aliphatic carbocycles. The third kappa shape index (κ3) is 5.73. The van der Waals surface area contributed by atoms with Gasteiger partial charge in [-0.05, 0) is 105 Å². The van der Waals surface area contributed by atoms with E-state index in [-0.39, 0.29) is 0 Å². The van der Waals surface area contributed by atoms with Gasteiger partial charge in [-0.15, -0.1) is 0 Å². The van der Waals surface area contributed by atoms with Crippen LogP contribution < -0.4 is 0 Å².